The molecule has 4 rings (SSSR count). The fourth-order valence-electron chi connectivity index (χ4n) is 3.12. The Kier molecular flexibility index (Phi) is 7.35. The molecule has 2 heterocycles. The van der Waals surface area contributed by atoms with Crippen molar-refractivity contribution in [3.8, 4) is 5.75 Å². The van der Waals surface area contributed by atoms with Gasteiger partial charge in [0, 0.05) is 29.4 Å². The summed E-state index contributed by atoms with van der Waals surface area (Å²) >= 11 is 9.46. The number of halogens is 2. The van der Waals surface area contributed by atoms with E-state index in [1.807, 2.05) is 0 Å². The number of morpholine rings is 1. The first-order valence-corrected chi connectivity index (χ1v) is 12.5. The standard InChI is InChI=1S/C21H20BrClN4O5S/c22-15-1-6-20(18(23)13-15)32-14-26-8-7-19(25-26)21(28)24-16-2-4-17(5-3-16)33(29,30)27-9-11-31-12-10-27/h1-8,13H,9-12,14H2,(H,24,28). The van der Waals surface area contributed by atoms with Gasteiger partial charge in [0.1, 0.15) is 5.75 Å². The number of sulfonamides is 1. The van der Waals surface area contributed by atoms with Crippen LogP contribution in [0.5, 0.6) is 5.75 Å². The second-order valence-corrected chi connectivity index (χ2v) is 10.3. The lowest BCUT2D eigenvalue weighted by molar-refractivity contribution is 0.0730. The minimum atomic E-state index is -3.59. The molecule has 0 aliphatic carbocycles. The van der Waals surface area contributed by atoms with Crippen molar-refractivity contribution in [1.29, 1.82) is 0 Å². The van der Waals surface area contributed by atoms with Crippen LogP contribution in [0.2, 0.25) is 5.02 Å². The van der Waals surface area contributed by atoms with Crippen molar-refractivity contribution >= 4 is 49.1 Å². The first-order valence-electron chi connectivity index (χ1n) is 9.93. The highest BCUT2D eigenvalue weighted by atomic mass is 79.9. The summed E-state index contributed by atoms with van der Waals surface area (Å²) in [5.74, 6) is 0.0627. The maximum Gasteiger partial charge on any atom is 0.276 e. The number of hydrogen-bond donors (Lipinski definition) is 1. The number of anilines is 1. The number of benzene rings is 2. The van der Waals surface area contributed by atoms with E-state index in [2.05, 4.69) is 26.3 Å². The number of nitrogens with one attached hydrogen (secondary N) is 1. The zero-order valence-corrected chi connectivity index (χ0v) is 20.4. The molecule has 0 bridgehead atoms. The molecule has 1 aliphatic rings. The van der Waals surface area contributed by atoms with Gasteiger partial charge in [-0.3, -0.25) is 4.79 Å². The van der Waals surface area contributed by atoms with E-state index in [0.717, 1.165) is 4.47 Å². The SMILES string of the molecule is O=C(Nc1ccc(S(=O)(=O)N2CCOCC2)cc1)c1ccn(COc2ccc(Br)cc2Cl)n1. The van der Waals surface area contributed by atoms with Crippen LogP contribution < -0.4 is 10.1 Å². The van der Waals surface area contributed by atoms with Gasteiger partial charge < -0.3 is 14.8 Å². The molecule has 0 saturated carbocycles. The van der Waals surface area contributed by atoms with Crippen molar-refractivity contribution in [3.05, 3.63) is 69.9 Å². The van der Waals surface area contributed by atoms with E-state index in [0.29, 0.717) is 42.8 Å². The molecule has 3 aromatic rings. The predicted molar refractivity (Wildman–Crippen MR) is 126 cm³/mol. The van der Waals surface area contributed by atoms with E-state index in [-0.39, 0.29) is 17.3 Å². The van der Waals surface area contributed by atoms with Crippen molar-refractivity contribution in [2.24, 2.45) is 0 Å². The zero-order valence-electron chi connectivity index (χ0n) is 17.3. The average molecular weight is 556 g/mol. The monoisotopic (exact) mass is 554 g/mol. The Morgan fingerprint density at radius 2 is 1.88 bits per heavy atom. The molecule has 0 radical (unpaired) electrons. The molecule has 9 nitrogen and oxygen atoms in total. The molecule has 174 valence electrons. The number of amides is 1. The fourth-order valence-corrected chi connectivity index (χ4v) is 5.26. The highest BCUT2D eigenvalue weighted by Gasteiger charge is 2.26. The van der Waals surface area contributed by atoms with Crippen LogP contribution in [0, 0.1) is 0 Å². The van der Waals surface area contributed by atoms with E-state index in [1.165, 1.54) is 21.1 Å². The average Bonchev–Trinajstić information content (AvgIpc) is 3.29. The van der Waals surface area contributed by atoms with Crippen LogP contribution in [0.3, 0.4) is 0 Å². The summed E-state index contributed by atoms with van der Waals surface area (Å²) < 4.78 is 39.9. The van der Waals surface area contributed by atoms with Gasteiger partial charge in [-0.25, -0.2) is 13.1 Å². The van der Waals surface area contributed by atoms with Crippen molar-refractivity contribution in [3.63, 3.8) is 0 Å². The summed E-state index contributed by atoms with van der Waals surface area (Å²) in [5.41, 5.74) is 0.638. The molecule has 1 saturated heterocycles. The molecular weight excluding hydrogens is 536 g/mol. The van der Waals surface area contributed by atoms with Crippen LogP contribution in [0.4, 0.5) is 5.69 Å². The maximum atomic E-state index is 12.7. The molecule has 0 atom stereocenters. The minimum absolute atomic E-state index is 0.0722. The molecule has 1 N–H and O–H groups in total. The Bertz CT molecular complexity index is 1240. The lowest BCUT2D eigenvalue weighted by Crippen LogP contribution is -2.40. The predicted octanol–water partition coefficient (Wildman–Crippen LogP) is 3.61. The van der Waals surface area contributed by atoms with Crippen molar-refractivity contribution in [2.45, 2.75) is 11.6 Å². The van der Waals surface area contributed by atoms with Crippen LogP contribution in [0.1, 0.15) is 10.5 Å². The quantitative estimate of drug-likeness (QED) is 0.478. The third-order valence-corrected chi connectivity index (χ3v) is 7.54. The van der Waals surface area contributed by atoms with E-state index < -0.39 is 15.9 Å². The molecule has 12 heteroatoms. The Morgan fingerprint density at radius 1 is 1.15 bits per heavy atom. The summed E-state index contributed by atoms with van der Waals surface area (Å²) in [7, 11) is -3.59. The maximum absolute atomic E-state index is 12.7. The van der Waals surface area contributed by atoms with Gasteiger partial charge in [0.25, 0.3) is 5.91 Å². The zero-order chi connectivity index (χ0) is 23.4. The summed E-state index contributed by atoms with van der Waals surface area (Å²) in [6.45, 7) is 1.47. The smallest absolute Gasteiger partial charge is 0.276 e. The number of rotatable bonds is 7. The first kappa shape index (κ1) is 23.7. The fraction of sp³-hybridized carbons (Fsp3) is 0.238. The van der Waals surface area contributed by atoms with Gasteiger partial charge in [0.05, 0.1) is 23.1 Å². The second-order valence-electron chi connectivity index (χ2n) is 7.08. The van der Waals surface area contributed by atoms with Crippen LogP contribution in [-0.4, -0.2) is 54.7 Å². The van der Waals surface area contributed by atoms with Gasteiger partial charge >= 0.3 is 0 Å². The number of hydrogen-bond acceptors (Lipinski definition) is 6. The van der Waals surface area contributed by atoms with Gasteiger partial charge in [-0.1, -0.05) is 27.5 Å². The Balaban J connectivity index is 1.36. The number of carbonyl (C=O) groups is 1. The molecule has 1 aliphatic heterocycles. The third kappa shape index (κ3) is 5.74. The normalized spacial score (nSPS) is 14.7. The minimum Gasteiger partial charge on any atom is -0.470 e. The Morgan fingerprint density at radius 3 is 2.58 bits per heavy atom. The molecule has 2 aromatic carbocycles. The number of ether oxygens (including phenoxy) is 2. The topological polar surface area (TPSA) is 103 Å². The molecular formula is C21H20BrClN4O5S. The van der Waals surface area contributed by atoms with E-state index in [4.69, 9.17) is 21.1 Å². The highest BCUT2D eigenvalue weighted by molar-refractivity contribution is 9.10. The molecule has 1 aromatic heterocycles. The third-order valence-electron chi connectivity index (χ3n) is 4.84. The number of carbonyl (C=O) groups excluding carboxylic acids is 1. The van der Waals surface area contributed by atoms with Crippen LogP contribution >= 0.6 is 27.5 Å². The van der Waals surface area contributed by atoms with Crippen molar-refractivity contribution < 1.29 is 22.7 Å². The van der Waals surface area contributed by atoms with Crippen molar-refractivity contribution in [1.82, 2.24) is 14.1 Å². The molecule has 0 spiro atoms. The molecule has 0 unspecified atom stereocenters. The molecule has 1 fully saturated rings. The molecule has 33 heavy (non-hydrogen) atoms. The van der Waals surface area contributed by atoms with Crippen LogP contribution in [-0.2, 0) is 21.5 Å². The summed E-state index contributed by atoms with van der Waals surface area (Å²) in [5, 5.41) is 7.36. The summed E-state index contributed by atoms with van der Waals surface area (Å²) in [6.07, 6.45) is 1.61. The first-order chi connectivity index (χ1) is 15.8. The van der Waals surface area contributed by atoms with Gasteiger partial charge in [0.2, 0.25) is 10.0 Å². The second kappa shape index (κ2) is 10.2. The van der Waals surface area contributed by atoms with E-state index in [9.17, 15) is 13.2 Å². The van der Waals surface area contributed by atoms with Crippen LogP contribution in [0.15, 0.2) is 64.1 Å². The highest BCUT2D eigenvalue weighted by Crippen LogP contribution is 2.28. The number of nitrogens with zero attached hydrogens (tertiary/aromatic N) is 3. The largest absolute Gasteiger partial charge is 0.470 e. The Labute approximate surface area is 204 Å². The van der Waals surface area contributed by atoms with Gasteiger partial charge in [-0.15, -0.1) is 0 Å². The van der Waals surface area contributed by atoms with Gasteiger partial charge in [-0.2, -0.15) is 9.40 Å². The summed E-state index contributed by atoms with van der Waals surface area (Å²) in [6, 6.07) is 12.8. The lowest BCUT2D eigenvalue weighted by atomic mass is 10.3. The van der Waals surface area contributed by atoms with Gasteiger partial charge in [0.15, 0.2) is 12.4 Å². The lowest BCUT2D eigenvalue weighted by Gasteiger charge is -2.26. The van der Waals surface area contributed by atoms with E-state index >= 15 is 0 Å². The molecule has 1 amide bonds. The van der Waals surface area contributed by atoms with Crippen LogP contribution in [0.25, 0.3) is 0 Å². The van der Waals surface area contributed by atoms with Crippen molar-refractivity contribution in [2.75, 3.05) is 31.6 Å². The van der Waals surface area contributed by atoms with Gasteiger partial charge in [-0.05, 0) is 48.5 Å². The number of aromatic nitrogens is 2. The van der Waals surface area contributed by atoms with E-state index in [1.54, 1.807) is 42.6 Å². The Hall–Kier alpha value is -2.44. The summed E-state index contributed by atoms with van der Waals surface area (Å²) in [4.78, 5) is 12.7.